The summed E-state index contributed by atoms with van der Waals surface area (Å²) in [7, 11) is 0. The van der Waals surface area contributed by atoms with Gasteiger partial charge in [-0.2, -0.15) is 4.98 Å². The van der Waals surface area contributed by atoms with Crippen LogP contribution >= 0.6 is 0 Å². The highest BCUT2D eigenvalue weighted by Gasteiger charge is 2.29. The fourth-order valence-electron chi connectivity index (χ4n) is 2.87. The van der Waals surface area contributed by atoms with Crippen LogP contribution in [0, 0.1) is 0 Å². The van der Waals surface area contributed by atoms with Gasteiger partial charge in [0.25, 0.3) is 0 Å². The van der Waals surface area contributed by atoms with Crippen molar-refractivity contribution in [2.75, 3.05) is 6.54 Å². The fourth-order valence-corrected chi connectivity index (χ4v) is 2.87. The second-order valence-electron chi connectivity index (χ2n) is 5.85. The summed E-state index contributed by atoms with van der Waals surface area (Å²) in [6.07, 6.45) is 3.68. The smallest absolute Gasteiger partial charge is 0.231 e. The Labute approximate surface area is 126 Å². The standard InChI is InChI=1S/C17H23N3O/c1-3-18-15(13-8-5-4-6-9-13)12(2)17-19-16(20-21-17)14-10-7-11-14/h4-6,8-9,12,14-15,18H,3,7,10-11H2,1-2H3. The predicted molar refractivity (Wildman–Crippen MR) is 82.2 cm³/mol. The van der Waals surface area contributed by atoms with E-state index in [1.165, 1.54) is 24.8 Å². The molecule has 1 aliphatic carbocycles. The van der Waals surface area contributed by atoms with E-state index < -0.39 is 0 Å². The molecule has 21 heavy (non-hydrogen) atoms. The van der Waals surface area contributed by atoms with Crippen molar-refractivity contribution in [3.05, 3.63) is 47.6 Å². The van der Waals surface area contributed by atoms with Gasteiger partial charge in [-0.1, -0.05) is 55.8 Å². The van der Waals surface area contributed by atoms with E-state index in [1.807, 2.05) is 6.07 Å². The van der Waals surface area contributed by atoms with Gasteiger partial charge in [0.1, 0.15) is 0 Å². The molecule has 0 amide bonds. The summed E-state index contributed by atoms with van der Waals surface area (Å²) in [6.45, 7) is 5.18. The molecular formula is C17H23N3O. The quantitative estimate of drug-likeness (QED) is 0.877. The Morgan fingerprint density at radius 1 is 1.29 bits per heavy atom. The average molecular weight is 285 g/mol. The molecule has 4 nitrogen and oxygen atoms in total. The maximum Gasteiger partial charge on any atom is 0.231 e. The maximum absolute atomic E-state index is 5.53. The van der Waals surface area contributed by atoms with Gasteiger partial charge < -0.3 is 9.84 Å². The Balaban J connectivity index is 1.80. The van der Waals surface area contributed by atoms with E-state index >= 15 is 0 Å². The Bertz CT molecular complexity index is 562. The molecule has 2 unspecified atom stereocenters. The third kappa shape index (κ3) is 3.00. The van der Waals surface area contributed by atoms with Crippen molar-refractivity contribution in [2.45, 2.75) is 51.0 Å². The molecule has 0 spiro atoms. The first kappa shape index (κ1) is 14.3. The molecule has 1 saturated carbocycles. The minimum absolute atomic E-state index is 0.161. The van der Waals surface area contributed by atoms with Crippen LogP contribution in [-0.4, -0.2) is 16.7 Å². The van der Waals surface area contributed by atoms with E-state index in [0.29, 0.717) is 5.92 Å². The Morgan fingerprint density at radius 3 is 2.67 bits per heavy atom. The van der Waals surface area contributed by atoms with Crippen LogP contribution in [0.1, 0.15) is 68.3 Å². The molecular weight excluding hydrogens is 262 g/mol. The zero-order valence-corrected chi connectivity index (χ0v) is 12.7. The van der Waals surface area contributed by atoms with E-state index in [1.54, 1.807) is 0 Å². The maximum atomic E-state index is 5.53. The van der Waals surface area contributed by atoms with Crippen molar-refractivity contribution in [1.82, 2.24) is 15.5 Å². The molecule has 0 aliphatic heterocycles. The van der Waals surface area contributed by atoms with Gasteiger partial charge in [-0.25, -0.2) is 0 Å². The van der Waals surface area contributed by atoms with Gasteiger partial charge in [0.05, 0.1) is 5.92 Å². The number of likely N-dealkylation sites (N-methyl/N-ethyl adjacent to an activating group) is 1. The molecule has 1 N–H and O–H groups in total. The molecule has 1 heterocycles. The fraction of sp³-hybridized carbons (Fsp3) is 0.529. The van der Waals surface area contributed by atoms with Crippen molar-refractivity contribution >= 4 is 0 Å². The van der Waals surface area contributed by atoms with Crippen LogP contribution in [0.2, 0.25) is 0 Å². The molecule has 112 valence electrons. The highest BCUT2D eigenvalue weighted by Crippen LogP contribution is 2.36. The molecule has 0 radical (unpaired) electrons. The second kappa shape index (κ2) is 6.39. The van der Waals surface area contributed by atoms with Crippen molar-refractivity contribution in [2.24, 2.45) is 0 Å². The van der Waals surface area contributed by atoms with Crippen molar-refractivity contribution in [1.29, 1.82) is 0 Å². The van der Waals surface area contributed by atoms with Gasteiger partial charge in [0, 0.05) is 12.0 Å². The first-order valence-electron chi connectivity index (χ1n) is 7.91. The van der Waals surface area contributed by atoms with Crippen LogP contribution in [0.3, 0.4) is 0 Å². The van der Waals surface area contributed by atoms with Crippen LogP contribution < -0.4 is 5.32 Å². The first-order chi connectivity index (χ1) is 10.3. The summed E-state index contributed by atoms with van der Waals surface area (Å²) >= 11 is 0. The van der Waals surface area contributed by atoms with Crippen LogP contribution in [-0.2, 0) is 0 Å². The number of hydrogen-bond acceptors (Lipinski definition) is 4. The second-order valence-corrected chi connectivity index (χ2v) is 5.85. The topological polar surface area (TPSA) is 51.0 Å². The monoisotopic (exact) mass is 285 g/mol. The highest BCUT2D eigenvalue weighted by molar-refractivity contribution is 5.22. The Hall–Kier alpha value is -1.68. The number of nitrogens with one attached hydrogen (secondary N) is 1. The number of aromatic nitrogens is 2. The molecule has 0 saturated heterocycles. The summed E-state index contributed by atoms with van der Waals surface area (Å²) in [5, 5.41) is 7.72. The van der Waals surface area contributed by atoms with Crippen LogP contribution in [0.15, 0.2) is 34.9 Å². The molecule has 3 rings (SSSR count). The lowest BCUT2D eigenvalue weighted by Crippen LogP contribution is -2.26. The molecule has 1 aliphatic rings. The van der Waals surface area contributed by atoms with E-state index in [4.69, 9.17) is 4.52 Å². The molecule has 1 aromatic heterocycles. The van der Waals surface area contributed by atoms with Gasteiger partial charge >= 0.3 is 0 Å². The predicted octanol–water partition coefficient (Wildman–Crippen LogP) is 3.79. The number of nitrogens with zero attached hydrogens (tertiary/aromatic N) is 2. The summed E-state index contributed by atoms with van der Waals surface area (Å²) in [5.74, 6) is 2.32. The highest BCUT2D eigenvalue weighted by atomic mass is 16.5. The third-order valence-corrected chi connectivity index (χ3v) is 4.40. The van der Waals surface area contributed by atoms with E-state index in [9.17, 15) is 0 Å². The summed E-state index contributed by atoms with van der Waals surface area (Å²) < 4.78 is 5.53. The van der Waals surface area contributed by atoms with Crippen LogP contribution in [0.5, 0.6) is 0 Å². The van der Waals surface area contributed by atoms with Crippen molar-refractivity contribution in [3.63, 3.8) is 0 Å². The number of rotatable bonds is 6. The zero-order valence-electron chi connectivity index (χ0n) is 12.7. The number of hydrogen-bond donors (Lipinski definition) is 1. The molecule has 2 atom stereocenters. The molecule has 2 aromatic rings. The lowest BCUT2D eigenvalue weighted by Gasteiger charge is -2.23. The van der Waals surface area contributed by atoms with Gasteiger partial charge in [-0.3, -0.25) is 0 Å². The van der Waals surface area contributed by atoms with Crippen LogP contribution in [0.4, 0.5) is 0 Å². The summed E-state index contributed by atoms with van der Waals surface area (Å²) in [5.41, 5.74) is 1.26. The van der Waals surface area contributed by atoms with E-state index in [-0.39, 0.29) is 12.0 Å². The summed E-state index contributed by atoms with van der Waals surface area (Å²) in [6, 6.07) is 10.7. The SMILES string of the molecule is CCNC(c1ccccc1)C(C)c1nc(C2CCC2)no1. The number of benzene rings is 1. The first-order valence-corrected chi connectivity index (χ1v) is 7.91. The minimum Gasteiger partial charge on any atom is -0.339 e. The molecule has 0 bridgehead atoms. The van der Waals surface area contributed by atoms with Crippen molar-refractivity contribution in [3.8, 4) is 0 Å². The third-order valence-electron chi connectivity index (χ3n) is 4.40. The van der Waals surface area contributed by atoms with Crippen molar-refractivity contribution < 1.29 is 4.52 Å². The lowest BCUT2D eigenvalue weighted by molar-refractivity contribution is 0.316. The van der Waals surface area contributed by atoms with Gasteiger partial charge in [0.2, 0.25) is 5.89 Å². The Kier molecular flexibility index (Phi) is 4.34. The average Bonchev–Trinajstić information content (AvgIpc) is 2.92. The van der Waals surface area contributed by atoms with Gasteiger partial charge in [-0.15, -0.1) is 0 Å². The lowest BCUT2D eigenvalue weighted by atomic mass is 9.85. The van der Waals surface area contributed by atoms with Crippen LogP contribution in [0.25, 0.3) is 0 Å². The van der Waals surface area contributed by atoms with Gasteiger partial charge in [0.15, 0.2) is 5.82 Å². The molecule has 1 fully saturated rings. The Morgan fingerprint density at radius 2 is 2.05 bits per heavy atom. The van der Waals surface area contributed by atoms with Gasteiger partial charge in [-0.05, 0) is 24.9 Å². The largest absolute Gasteiger partial charge is 0.339 e. The zero-order chi connectivity index (χ0) is 14.7. The molecule has 4 heteroatoms. The normalized spacial score (nSPS) is 18.2. The van der Waals surface area contributed by atoms with E-state index in [0.717, 1.165) is 18.3 Å². The summed E-state index contributed by atoms with van der Waals surface area (Å²) in [4.78, 5) is 4.64. The molecule has 1 aromatic carbocycles. The minimum atomic E-state index is 0.161. The van der Waals surface area contributed by atoms with E-state index in [2.05, 4.69) is 53.6 Å².